The Morgan fingerprint density at radius 3 is 2.17 bits per heavy atom. The maximum Gasteiger partial charge on any atom is 0.307 e. The smallest absolute Gasteiger partial charge is 0.307 e. The zero-order valence-electron chi connectivity index (χ0n) is 16.2. The van der Waals surface area contributed by atoms with Crippen LogP contribution in [0.5, 0.6) is 11.5 Å². The lowest BCUT2D eigenvalue weighted by Gasteiger charge is -2.08. The molecule has 0 saturated carbocycles. The van der Waals surface area contributed by atoms with Gasteiger partial charge in [-0.15, -0.1) is 0 Å². The number of carbonyl (C=O) groups is 2. The second kappa shape index (κ2) is 10.6. The van der Waals surface area contributed by atoms with E-state index in [0.717, 1.165) is 0 Å². The summed E-state index contributed by atoms with van der Waals surface area (Å²) in [6.07, 6.45) is -0.202. The van der Waals surface area contributed by atoms with E-state index in [1.165, 1.54) is 19.2 Å². The molecular formula is C20H23NO7S. The van der Waals surface area contributed by atoms with Gasteiger partial charge in [-0.05, 0) is 55.5 Å². The van der Waals surface area contributed by atoms with Gasteiger partial charge in [-0.1, -0.05) is 0 Å². The van der Waals surface area contributed by atoms with Crippen molar-refractivity contribution in [3.05, 3.63) is 54.1 Å². The van der Waals surface area contributed by atoms with E-state index in [4.69, 9.17) is 14.2 Å². The number of sulfonamides is 1. The number of carbonyl (C=O) groups excluding carboxylic acids is 2. The molecule has 0 bridgehead atoms. The molecule has 0 atom stereocenters. The minimum Gasteiger partial charge on any atom is -0.497 e. The quantitative estimate of drug-likeness (QED) is 0.438. The molecular weight excluding hydrogens is 398 g/mol. The Morgan fingerprint density at radius 1 is 0.966 bits per heavy atom. The van der Waals surface area contributed by atoms with Gasteiger partial charge in [0.25, 0.3) is 0 Å². The summed E-state index contributed by atoms with van der Waals surface area (Å²) in [5, 5.41) is 0. The summed E-state index contributed by atoms with van der Waals surface area (Å²) >= 11 is 0. The summed E-state index contributed by atoms with van der Waals surface area (Å²) in [6, 6.07) is 12.3. The molecule has 0 fully saturated rings. The number of nitrogens with one attached hydrogen (secondary N) is 1. The number of hydrogen-bond donors (Lipinski definition) is 1. The van der Waals surface area contributed by atoms with Gasteiger partial charge in [0, 0.05) is 12.1 Å². The van der Waals surface area contributed by atoms with Gasteiger partial charge in [-0.25, -0.2) is 13.1 Å². The lowest BCUT2D eigenvalue weighted by atomic mass is 10.1. The molecule has 0 aliphatic rings. The molecule has 0 unspecified atom stereocenters. The van der Waals surface area contributed by atoms with Crippen molar-refractivity contribution in [1.82, 2.24) is 4.72 Å². The first-order valence-corrected chi connectivity index (χ1v) is 10.4. The van der Waals surface area contributed by atoms with Gasteiger partial charge in [0.1, 0.15) is 11.5 Å². The number of ketones is 1. The fourth-order valence-electron chi connectivity index (χ4n) is 2.33. The van der Waals surface area contributed by atoms with Crippen molar-refractivity contribution in [2.45, 2.75) is 18.2 Å². The Balaban J connectivity index is 1.77. The normalized spacial score (nSPS) is 11.0. The molecule has 2 aromatic rings. The van der Waals surface area contributed by atoms with Crippen LogP contribution < -0.4 is 14.2 Å². The largest absolute Gasteiger partial charge is 0.497 e. The first kappa shape index (κ1) is 22.4. The second-order valence-corrected chi connectivity index (χ2v) is 7.63. The summed E-state index contributed by atoms with van der Waals surface area (Å²) in [4.78, 5) is 23.8. The van der Waals surface area contributed by atoms with Crippen molar-refractivity contribution >= 4 is 21.8 Å². The number of ether oxygens (including phenoxy) is 3. The highest BCUT2D eigenvalue weighted by Crippen LogP contribution is 2.16. The maximum atomic E-state index is 12.2. The van der Waals surface area contributed by atoms with E-state index in [1.54, 1.807) is 36.4 Å². The van der Waals surface area contributed by atoms with Crippen molar-refractivity contribution in [2.75, 3.05) is 26.9 Å². The van der Waals surface area contributed by atoms with Gasteiger partial charge in [0.15, 0.2) is 12.4 Å². The van der Waals surface area contributed by atoms with E-state index < -0.39 is 22.6 Å². The minimum absolute atomic E-state index is 0.0593. The SMILES string of the molecule is CCOc1ccc(S(=O)(=O)NCCC(=O)OCC(=O)c2ccc(OC)cc2)cc1. The van der Waals surface area contributed by atoms with Crippen LogP contribution in [0.4, 0.5) is 0 Å². The Bertz CT molecular complexity index is 922. The van der Waals surface area contributed by atoms with E-state index >= 15 is 0 Å². The third-order valence-electron chi connectivity index (χ3n) is 3.84. The molecule has 0 aromatic heterocycles. The molecule has 0 amide bonds. The van der Waals surface area contributed by atoms with Gasteiger partial charge in [-0.2, -0.15) is 0 Å². The molecule has 1 N–H and O–H groups in total. The fourth-order valence-corrected chi connectivity index (χ4v) is 3.36. The monoisotopic (exact) mass is 421 g/mol. The molecule has 0 aliphatic heterocycles. The zero-order valence-corrected chi connectivity index (χ0v) is 17.0. The topological polar surface area (TPSA) is 108 Å². The van der Waals surface area contributed by atoms with Crippen molar-refractivity contribution in [3.8, 4) is 11.5 Å². The number of esters is 1. The van der Waals surface area contributed by atoms with E-state index in [9.17, 15) is 18.0 Å². The Kier molecular flexibility index (Phi) is 8.17. The third-order valence-corrected chi connectivity index (χ3v) is 5.32. The van der Waals surface area contributed by atoms with Gasteiger partial charge in [0.05, 0.1) is 25.0 Å². The number of benzene rings is 2. The maximum absolute atomic E-state index is 12.2. The molecule has 0 saturated heterocycles. The van der Waals surface area contributed by atoms with E-state index in [1.807, 2.05) is 6.92 Å². The third kappa shape index (κ3) is 6.88. The first-order valence-electron chi connectivity index (χ1n) is 8.91. The summed E-state index contributed by atoms with van der Waals surface area (Å²) in [6.45, 7) is 1.74. The van der Waals surface area contributed by atoms with Crippen LogP contribution in [-0.2, 0) is 19.6 Å². The first-order chi connectivity index (χ1) is 13.9. The highest BCUT2D eigenvalue weighted by Gasteiger charge is 2.15. The standard InChI is InChI=1S/C20H23NO7S/c1-3-27-17-8-10-18(11-9-17)29(24,25)21-13-12-20(23)28-14-19(22)15-4-6-16(26-2)7-5-15/h4-11,21H,3,12-14H2,1-2H3. The van der Waals surface area contributed by atoms with Crippen LogP contribution in [0.2, 0.25) is 0 Å². The molecule has 9 heteroatoms. The summed E-state index contributed by atoms with van der Waals surface area (Å²) < 4.78 is 41.9. The van der Waals surface area contributed by atoms with E-state index in [-0.39, 0.29) is 23.6 Å². The molecule has 156 valence electrons. The summed E-state index contributed by atoms with van der Waals surface area (Å²) in [7, 11) is -2.24. The second-order valence-electron chi connectivity index (χ2n) is 5.86. The van der Waals surface area contributed by atoms with Crippen molar-refractivity contribution in [1.29, 1.82) is 0 Å². The zero-order chi connectivity index (χ0) is 21.3. The van der Waals surface area contributed by atoms with Crippen LogP contribution in [0.1, 0.15) is 23.7 Å². The van der Waals surface area contributed by atoms with Crippen molar-refractivity contribution < 1.29 is 32.2 Å². The van der Waals surface area contributed by atoms with Gasteiger partial charge in [0.2, 0.25) is 10.0 Å². The minimum atomic E-state index is -3.76. The molecule has 2 aromatic carbocycles. The average molecular weight is 421 g/mol. The van der Waals surface area contributed by atoms with Gasteiger partial charge in [-0.3, -0.25) is 9.59 Å². The number of Topliss-reactive ketones (excluding diaryl/α,β-unsaturated/α-hetero) is 1. The predicted molar refractivity (Wildman–Crippen MR) is 106 cm³/mol. The number of methoxy groups -OCH3 is 1. The summed E-state index contributed by atoms with van der Waals surface area (Å²) in [5.74, 6) is 0.132. The molecule has 2 rings (SSSR count). The van der Waals surface area contributed by atoms with Crippen LogP contribution in [0.15, 0.2) is 53.4 Å². The van der Waals surface area contributed by atoms with Crippen LogP contribution in [0, 0.1) is 0 Å². The van der Waals surface area contributed by atoms with E-state index in [2.05, 4.69) is 4.72 Å². The molecule has 0 spiro atoms. The highest BCUT2D eigenvalue weighted by atomic mass is 32.2. The molecule has 0 aliphatic carbocycles. The lowest BCUT2D eigenvalue weighted by Crippen LogP contribution is -2.27. The van der Waals surface area contributed by atoms with E-state index in [0.29, 0.717) is 23.7 Å². The molecule has 8 nitrogen and oxygen atoms in total. The Morgan fingerprint density at radius 2 is 1.59 bits per heavy atom. The van der Waals surface area contributed by atoms with Crippen LogP contribution in [-0.4, -0.2) is 47.0 Å². The average Bonchev–Trinajstić information content (AvgIpc) is 2.72. The molecule has 0 heterocycles. The lowest BCUT2D eigenvalue weighted by molar-refractivity contribution is -0.142. The van der Waals surface area contributed by atoms with Gasteiger partial charge < -0.3 is 14.2 Å². The molecule has 29 heavy (non-hydrogen) atoms. The van der Waals surface area contributed by atoms with Crippen LogP contribution in [0.3, 0.4) is 0 Å². The van der Waals surface area contributed by atoms with Crippen molar-refractivity contribution in [3.63, 3.8) is 0 Å². The fraction of sp³-hybridized carbons (Fsp3) is 0.300. The highest BCUT2D eigenvalue weighted by molar-refractivity contribution is 7.89. The summed E-state index contributed by atoms with van der Waals surface area (Å²) in [5.41, 5.74) is 0.384. The molecule has 0 radical (unpaired) electrons. The number of hydrogen-bond acceptors (Lipinski definition) is 7. The van der Waals surface area contributed by atoms with Crippen molar-refractivity contribution in [2.24, 2.45) is 0 Å². The Labute approximate surface area is 169 Å². The number of rotatable bonds is 11. The van der Waals surface area contributed by atoms with Crippen LogP contribution in [0.25, 0.3) is 0 Å². The predicted octanol–water partition coefficient (Wildman–Crippen LogP) is 2.19. The van der Waals surface area contributed by atoms with Gasteiger partial charge >= 0.3 is 5.97 Å². The Hall–Kier alpha value is -2.91. The van der Waals surface area contributed by atoms with Crippen LogP contribution >= 0.6 is 0 Å².